The van der Waals surface area contributed by atoms with Crippen LogP contribution in [0.1, 0.15) is 29.8 Å². The zero-order chi connectivity index (χ0) is 19.0. The quantitative estimate of drug-likeness (QED) is 0.852. The fourth-order valence-corrected chi connectivity index (χ4v) is 4.34. The third kappa shape index (κ3) is 3.09. The Labute approximate surface area is 157 Å². The molecular weight excluding hydrogens is 349 g/mol. The molecule has 0 radical (unpaired) electrons. The fraction of sp³-hybridized carbons (Fsp3) is 0.500. The van der Waals surface area contributed by atoms with Gasteiger partial charge in [-0.1, -0.05) is 18.2 Å². The third-order valence-electron chi connectivity index (χ3n) is 6.05. The highest BCUT2D eigenvalue weighted by molar-refractivity contribution is 5.95. The number of halogens is 1. The summed E-state index contributed by atoms with van der Waals surface area (Å²) in [6.45, 7) is 1.98. The van der Waals surface area contributed by atoms with Gasteiger partial charge >= 0.3 is 0 Å². The van der Waals surface area contributed by atoms with Crippen molar-refractivity contribution in [3.8, 4) is 0 Å². The Morgan fingerprint density at radius 3 is 2.81 bits per heavy atom. The van der Waals surface area contributed by atoms with E-state index >= 15 is 0 Å². The Hall–Kier alpha value is -2.09. The maximum absolute atomic E-state index is 14.0. The lowest BCUT2D eigenvalue weighted by atomic mass is 9.58. The van der Waals surface area contributed by atoms with E-state index in [9.17, 15) is 14.3 Å². The number of nitrogens with zero attached hydrogens (tertiary/aromatic N) is 2. The highest BCUT2D eigenvalue weighted by atomic mass is 19.1. The number of carbonyl (C=O) groups is 1. The van der Waals surface area contributed by atoms with Crippen LogP contribution >= 0.6 is 0 Å². The normalized spacial score (nSPS) is 24.2. The second kappa shape index (κ2) is 7.14. The Bertz CT molecular complexity index is 851. The van der Waals surface area contributed by atoms with Crippen molar-refractivity contribution in [2.75, 3.05) is 26.2 Å². The number of fused-ring (bicyclic) bond motifs is 1. The molecule has 1 saturated heterocycles. The van der Waals surface area contributed by atoms with Gasteiger partial charge in [0.1, 0.15) is 17.0 Å². The van der Waals surface area contributed by atoms with E-state index in [4.69, 9.17) is 10.5 Å². The number of aliphatic hydroxyl groups excluding tert-OH is 1. The first kappa shape index (κ1) is 18.3. The van der Waals surface area contributed by atoms with Crippen LogP contribution in [-0.4, -0.2) is 59.3 Å². The number of amides is 1. The van der Waals surface area contributed by atoms with Crippen LogP contribution in [-0.2, 0) is 4.74 Å². The molecule has 144 valence electrons. The largest absolute Gasteiger partial charge is 0.392 e. The Kier molecular flexibility index (Phi) is 4.84. The van der Waals surface area contributed by atoms with Gasteiger partial charge in [0.05, 0.1) is 18.8 Å². The highest BCUT2D eigenvalue weighted by Gasteiger charge is 2.56. The molecule has 1 saturated carbocycles. The summed E-state index contributed by atoms with van der Waals surface area (Å²) in [6, 6.07) is 8.09. The van der Waals surface area contributed by atoms with Gasteiger partial charge in [0.25, 0.3) is 5.91 Å². The van der Waals surface area contributed by atoms with E-state index in [2.05, 4.69) is 4.98 Å². The molecule has 0 unspecified atom stereocenters. The summed E-state index contributed by atoms with van der Waals surface area (Å²) in [7, 11) is 0. The number of hydrogen-bond donors (Lipinski definition) is 2. The van der Waals surface area contributed by atoms with Gasteiger partial charge in [-0.2, -0.15) is 0 Å². The molecule has 0 bridgehead atoms. The predicted octanol–water partition coefficient (Wildman–Crippen LogP) is 1.70. The molecule has 1 amide bonds. The lowest BCUT2D eigenvalue weighted by Crippen LogP contribution is -2.63. The SMILES string of the molecule is NCCO[C@H]1C[C@@H](O)C12CCN(C(=O)c1ccc3cccc(F)c3n1)CC2. The average Bonchev–Trinajstić information content (AvgIpc) is 2.70. The zero-order valence-electron chi connectivity index (χ0n) is 15.1. The van der Waals surface area contributed by atoms with E-state index < -0.39 is 11.9 Å². The number of para-hydroxylation sites is 1. The number of benzene rings is 1. The third-order valence-corrected chi connectivity index (χ3v) is 6.05. The van der Waals surface area contributed by atoms with Crippen molar-refractivity contribution in [2.45, 2.75) is 31.5 Å². The zero-order valence-corrected chi connectivity index (χ0v) is 15.1. The molecule has 7 heteroatoms. The number of pyridine rings is 1. The summed E-state index contributed by atoms with van der Waals surface area (Å²) in [4.78, 5) is 18.8. The van der Waals surface area contributed by atoms with Crippen molar-refractivity contribution in [3.63, 3.8) is 0 Å². The minimum absolute atomic E-state index is 0.00110. The molecule has 4 rings (SSSR count). The highest BCUT2D eigenvalue weighted by Crippen LogP contribution is 2.51. The average molecular weight is 373 g/mol. The van der Waals surface area contributed by atoms with E-state index in [0.717, 1.165) is 0 Å². The first-order chi connectivity index (χ1) is 13.0. The van der Waals surface area contributed by atoms with Crippen molar-refractivity contribution < 1.29 is 19.0 Å². The van der Waals surface area contributed by atoms with Crippen LogP contribution in [0, 0.1) is 11.2 Å². The molecule has 1 aliphatic heterocycles. The van der Waals surface area contributed by atoms with E-state index in [1.54, 1.807) is 29.2 Å². The first-order valence-electron chi connectivity index (χ1n) is 9.39. The van der Waals surface area contributed by atoms with Crippen LogP contribution in [0.25, 0.3) is 10.9 Å². The summed E-state index contributed by atoms with van der Waals surface area (Å²) in [6.07, 6.45) is 1.58. The van der Waals surface area contributed by atoms with Gasteiger partial charge in [-0.3, -0.25) is 4.79 Å². The summed E-state index contributed by atoms with van der Waals surface area (Å²) < 4.78 is 19.8. The van der Waals surface area contributed by atoms with Crippen LogP contribution in [0.15, 0.2) is 30.3 Å². The lowest BCUT2D eigenvalue weighted by molar-refractivity contribution is -0.208. The van der Waals surface area contributed by atoms with Crippen LogP contribution in [0.2, 0.25) is 0 Å². The molecule has 2 aromatic rings. The van der Waals surface area contributed by atoms with Crippen molar-refractivity contribution in [2.24, 2.45) is 11.1 Å². The van der Waals surface area contributed by atoms with Gasteiger partial charge < -0.3 is 20.5 Å². The van der Waals surface area contributed by atoms with E-state index in [1.165, 1.54) is 6.07 Å². The van der Waals surface area contributed by atoms with Crippen molar-refractivity contribution in [1.29, 1.82) is 0 Å². The number of piperidine rings is 1. The minimum Gasteiger partial charge on any atom is -0.392 e. The summed E-state index contributed by atoms with van der Waals surface area (Å²) in [5.74, 6) is -0.638. The molecule has 27 heavy (non-hydrogen) atoms. The fourth-order valence-electron chi connectivity index (χ4n) is 4.34. The van der Waals surface area contributed by atoms with Crippen LogP contribution in [0.4, 0.5) is 4.39 Å². The Balaban J connectivity index is 1.47. The summed E-state index contributed by atoms with van der Waals surface area (Å²) >= 11 is 0. The van der Waals surface area contributed by atoms with E-state index in [-0.39, 0.29) is 28.6 Å². The maximum Gasteiger partial charge on any atom is 0.272 e. The van der Waals surface area contributed by atoms with Gasteiger partial charge in [-0.15, -0.1) is 0 Å². The number of carbonyl (C=O) groups excluding carboxylic acids is 1. The van der Waals surface area contributed by atoms with Crippen molar-refractivity contribution in [3.05, 3.63) is 41.8 Å². The summed E-state index contributed by atoms with van der Waals surface area (Å²) in [5, 5.41) is 11.0. The molecule has 1 aliphatic carbocycles. The smallest absolute Gasteiger partial charge is 0.272 e. The number of hydrogen-bond acceptors (Lipinski definition) is 5. The first-order valence-corrected chi connectivity index (χ1v) is 9.39. The second-order valence-electron chi connectivity index (χ2n) is 7.43. The molecule has 2 heterocycles. The topological polar surface area (TPSA) is 88.7 Å². The maximum atomic E-state index is 14.0. The molecular formula is C20H24FN3O3. The number of aliphatic hydroxyl groups is 1. The van der Waals surface area contributed by atoms with Crippen LogP contribution < -0.4 is 5.73 Å². The van der Waals surface area contributed by atoms with Gasteiger partial charge in [-0.05, 0) is 25.0 Å². The molecule has 6 nitrogen and oxygen atoms in total. The number of nitrogens with two attached hydrogens (primary N) is 1. The number of likely N-dealkylation sites (tertiary alicyclic amines) is 1. The van der Waals surface area contributed by atoms with Crippen molar-refractivity contribution in [1.82, 2.24) is 9.88 Å². The molecule has 2 aliphatic rings. The molecule has 3 N–H and O–H groups in total. The number of rotatable bonds is 4. The van der Waals surface area contributed by atoms with Crippen molar-refractivity contribution >= 4 is 16.8 Å². The second-order valence-corrected chi connectivity index (χ2v) is 7.43. The minimum atomic E-state index is -0.433. The standard InChI is InChI=1S/C20H24FN3O3/c21-14-3-1-2-13-4-5-15(23-18(13)14)19(26)24-9-6-20(7-10-24)16(25)12-17(20)27-11-8-22/h1-5,16-17,25H,6-12,22H2/t16-,17+/m1/s1. The van der Waals surface area contributed by atoms with E-state index in [0.29, 0.717) is 50.9 Å². The Morgan fingerprint density at radius 2 is 2.11 bits per heavy atom. The molecule has 2 atom stereocenters. The van der Waals surface area contributed by atoms with Crippen LogP contribution in [0.5, 0.6) is 0 Å². The van der Waals surface area contributed by atoms with Gasteiger partial charge in [0, 0.05) is 36.9 Å². The molecule has 1 aromatic heterocycles. The molecule has 1 spiro atoms. The Morgan fingerprint density at radius 1 is 1.33 bits per heavy atom. The lowest BCUT2D eigenvalue weighted by Gasteiger charge is -2.56. The predicted molar refractivity (Wildman–Crippen MR) is 98.7 cm³/mol. The van der Waals surface area contributed by atoms with Gasteiger partial charge in [0.15, 0.2) is 0 Å². The van der Waals surface area contributed by atoms with Gasteiger partial charge in [0.2, 0.25) is 0 Å². The van der Waals surface area contributed by atoms with E-state index in [1.807, 2.05) is 0 Å². The van der Waals surface area contributed by atoms with Crippen LogP contribution in [0.3, 0.4) is 0 Å². The molecule has 2 fully saturated rings. The number of ether oxygens (including phenoxy) is 1. The monoisotopic (exact) mass is 373 g/mol. The number of aromatic nitrogens is 1. The summed E-state index contributed by atoms with van der Waals surface area (Å²) in [5.41, 5.74) is 5.68. The molecule has 1 aromatic carbocycles. The van der Waals surface area contributed by atoms with Gasteiger partial charge in [-0.25, -0.2) is 9.37 Å².